The smallest absolute Gasteiger partial charge is 0.253 e. The Morgan fingerprint density at radius 3 is 2.23 bits per heavy atom. The zero-order valence-electron chi connectivity index (χ0n) is 7.33. The Kier molecular flexibility index (Phi) is 4.41. The normalized spacial score (nSPS) is 15.9. The number of hydrogen-bond donors (Lipinski definition) is 0. The molecule has 0 saturated carbocycles. The Morgan fingerprint density at radius 1 is 1.08 bits per heavy atom. The Hall–Kier alpha value is -0.390. The highest BCUT2D eigenvalue weighted by Crippen LogP contribution is 2.06. The van der Waals surface area contributed by atoms with Gasteiger partial charge >= 0.3 is 0 Å². The predicted octanol–water partition coefficient (Wildman–Crippen LogP) is 1.52. The summed E-state index contributed by atoms with van der Waals surface area (Å²) < 4.78 is 1.14. The monoisotopic (exact) mass is 293 g/mol. The molecule has 0 unspecified atom stereocenters. The molecule has 0 radical (unpaired) electrons. The Balaban J connectivity index is 2.22. The van der Waals surface area contributed by atoms with Gasteiger partial charge in [0, 0.05) is 18.7 Å². The third-order valence-electron chi connectivity index (χ3n) is 1.92. The molecule has 0 atom stereocenters. The minimum atomic E-state index is -0.167. The van der Waals surface area contributed by atoms with E-state index in [0.29, 0.717) is 6.54 Å². The SMILES string of the molecule is O=C1C=CC(=O)N1CCCCCI. The number of imide groups is 1. The van der Waals surface area contributed by atoms with Crippen LogP contribution in [0.2, 0.25) is 0 Å². The summed E-state index contributed by atoms with van der Waals surface area (Å²) in [5.41, 5.74) is 0. The van der Waals surface area contributed by atoms with Crippen LogP contribution in [0.5, 0.6) is 0 Å². The van der Waals surface area contributed by atoms with Crippen molar-refractivity contribution < 1.29 is 9.59 Å². The van der Waals surface area contributed by atoms with Crippen molar-refractivity contribution in [2.75, 3.05) is 11.0 Å². The van der Waals surface area contributed by atoms with Crippen molar-refractivity contribution in [1.29, 1.82) is 0 Å². The summed E-state index contributed by atoms with van der Waals surface area (Å²) in [6.45, 7) is 0.571. The summed E-state index contributed by atoms with van der Waals surface area (Å²) in [6, 6.07) is 0. The zero-order chi connectivity index (χ0) is 9.68. The van der Waals surface area contributed by atoms with Crippen molar-refractivity contribution in [3.63, 3.8) is 0 Å². The third kappa shape index (κ3) is 3.10. The van der Waals surface area contributed by atoms with E-state index in [-0.39, 0.29) is 11.8 Å². The molecule has 13 heavy (non-hydrogen) atoms. The molecule has 0 fully saturated rings. The molecule has 1 aliphatic rings. The first-order chi connectivity index (χ1) is 6.25. The molecule has 4 heteroatoms. The topological polar surface area (TPSA) is 37.4 Å². The molecule has 0 bridgehead atoms. The molecule has 0 aliphatic carbocycles. The van der Waals surface area contributed by atoms with Crippen LogP contribution >= 0.6 is 22.6 Å². The van der Waals surface area contributed by atoms with Crippen molar-refractivity contribution in [3.05, 3.63) is 12.2 Å². The van der Waals surface area contributed by atoms with Gasteiger partial charge in [0.15, 0.2) is 0 Å². The van der Waals surface area contributed by atoms with Gasteiger partial charge in [0.05, 0.1) is 0 Å². The number of alkyl halides is 1. The molecule has 1 heterocycles. The Labute approximate surface area is 91.3 Å². The van der Waals surface area contributed by atoms with Gasteiger partial charge in [-0.3, -0.25) is 14.5 Å². The second-order valence-corrected chi connectivity index (χ2v) is 3.99. The Morgan fingerprint density at radius 2 is 1.69 bits per heavy atom. The maximum absolute atomic E-state index is 11.1. The van der Waals surface area contributed by atoms with Gasteiger partial charge in [0.1, 0.15) is 0 Å². The average Bonchev–Trinajstić information content (AvgIpc) is 2.42. The van der Waals surface area contributed by atoms with Gasteiger partial charge in [0.2, 0.25) is 0 Å². The lowest BCUT2D eigenvalue weighted by Crippen LogP contribution is -2.30. The standard InChI is InChI=1S/C9H12INO2/c10-6-2-1-3-7-11-8(12)4-5-9(11)13/h4-5H,1-3,6-7H2. The molecule has 0 aromatic heterocycles. The van der Waals surface area contributed by atoms with Gasteiger partial charge in [-0.15, -0.1) is 0 Å². The summed E-state index contributed by atoms with van der Waals surface area (Å²) in [7, 11) is 0. The summed E-state index contributed by atoms with van der Waals surface area (Å²) >= 11 is 2.32. The van der Waals surface area contributed by atoms with E-state index in [2.05, 4.69) is 22.6 Å². The van der Waals surface area contributed by atoms with E-state index in [1.165, 1.54) is 17.1 Å². The predicted molar refractivity (Wildman–Crippen MR) is 58.6 cm³/mol. The fourth-order valence-corrected chi connectivity index (χ4v) is 1.73. The maximum atomic E-state index is 11.1. The third-order valence-corrected chi connectivity index (χ3v) is 2.68. The van der Waals surface area contributed by atoms with Crippen molar-refractivity contribution in [1.82, 2.24) is 4.90 Å². The first kappa shape index (κ1) is 10.7. The van der Waals surface area contributed by atoms with Crippen LogP contribution in [0.3, 0.4) is 0 Å². The van der Waals surface area contributed by atoms with Crippen LogP contribution in [0.4, 0.5) is 0 Å². The van der Waals surface area contributed by atoms with Gasteiger partial charge in [0.25, 0.3) is 11.8 Å². The number of nitrogens with zero attached hydrogens (tertiary/aromatic N) is 1. The van der Waals surface area contributed by atoms with E-state index in [9.17, 15) is 9.59 Å². The highest BCUT2D eigenvalue weighted by molar-refractivity contribution is 14.1. The van der Waals surface area contributed by atoms with Crippen LogP contribution in [-0.4, -0.2) is 27.7 Å². The molecule has 1 aliphatic heterocycles. The number of halogens is 1. The fourth-order valence-electron chi connectivity index (χ4n) is 1.19. The summed E-state index contributed by atoms with van der Waals surface area (Å²) in [4.78, 5) is 23.4. The van der Waals surface area contributed by atoms with Crippen molar-refractivity contribution in [2.24, 2.45) is 0 Å². The number of hydrogen-bond acceptors (Lipinski definition) is 2. The fraction of sp³-hybridized carbons (Fsp3) is 0.556. The number of amides is 2. The maximum Gasteiger partial charge on any atom is 0.253 e. The minimum Gasteiger partial charge on any atom is -0.275 e. The molecule has 0 saturated heterocycles. The van der Waals surface area contributed by atoms with E-state index in [1.807, 2.05) is 0 Å². The highest BCUT2D eigenvalue weighted by Gasteiger charge is 2.21. The van der Waals surface area contributed by atoms with Crippen LogP contribution < -0.4 is 0 Å². The number of unbranched alkanes of at least 4 members (excludes halogenated alkanes) is 2. The molecule has 0 aromatic carbocycles. The van der Waals surface area contributed by atoms with Gasteiger partial charge in [-0.2, -0.15) is 0 Å². The van der Waals surface area contributed by atoms with E-state index in [0.717, 1.165) is 23.7 Å². The second-order valence-electron chi connectivity index (χ2n) is 2.91. The highest BCUT2D eigenvalue weighted by atomic mass is 127. The lowest BCUT2D eigenvalue weighted by molar-refractivity contribution is -0.136. The van der Waals surface area contributed by atoms with Gasteiger partial charge < -0.3 is 0 Å². The van der Waals surface area contributed by atoms with E-state index in [4.69, 9.17) is 0 Å². The van der Waals surface area contributed by atoms with Crippen LogP contribution in [0, 0.1) is 0 Å². The summed E-state index contributed by atoms with van der Waals surface area (Å²) in [6.07, 6.45) is 5.83. The summed E-state index contributed by atoms with van der Waals surface area (Å²) in [5.74, 6) is -0.334. The van der Waals surface area contributed by atoms with Crippen LogP contribution in [0.15, 0.2) is 12.2 Å². The van der Waals surface area contributed by atoms with Crippen molar-refractivity contribution in [3.8, 4) is 0 Å². The summed E-state index contributed by atoms with van der Waals surface area (Å²) in [5, 5.41) is 0. The van der Waals surface area contributed by atoms with Gasteiger partial charge in [-0.05, 0) is 17.3 Å². The van der Waals surface area contributed by atoms with E-state index in [1.54, 1.807) is 0 Å². The molecule has 0 aromatic rings. The van der Waals surface area contributed by atoms with Crippen molar-refractivity contribution in [2.45, 2.75) is 19.3 Å². The largest absolute Gasteiger partial charge is 0.275 e. The number of carbonyl (C=O) groups excluding carboxylic acids is 2. The van der Waals surface area contributed by atoms with E-state index >= 15 is 0 Å². The molecule has 0 spiro atoms. The van der Waals surface area contributed by atoms with Crippen molar-refractivity contribution >= 4 is 34.4 Å². The first-order valence-electron chi connectivity index (χ1n) is 4.35. The lowest BCUT2D eigenvalue weighted by Gasteiger charge is -2.12. The van der Waals surface area contributed by atoms with Crippen LogP contribution in [0.25, 0.3) is 0 Å². The van der Waals surface area contributed by atoms with Crippen LogP contribution in [0.1, 0.15) is 19.3 Å². The molecular formula is C9H12INO2. The van der Waals surface area contributed by atoms with E-state index < -0.39 is 0 Å². The Bertz CT molecular complexity index is 220. The first-order valence-corrected chi connectivity index (χ1v) is 5.88. The molecule has 72 valence electrons. The zero-order valence-corrected chi connectivity index (χ0v) is 9.49. The quantitative estimate of drug-likeness (QED) is 0.333. The second kappa shape index (κ2) is 5.36. The molecule has 2 amide bonds. The van der Waals surface area contributed by atoms with Gasteiger partial charge in [-0.1, -0.05) is 29.0 Å². The number of rotatable bonds is 5. The molecule has 1 rings (SSSR count). The lowest BCUT2D eigenvalue weighted by atomic mass is 10.2. The van der Waals surface area contributed by atoms with Crippen LogP contribution in [-0.2, 0) is 9.59 Å². The average molecular weight is 293 g/mol. The molecule has 3 nitrogen and oxygen atoms in total. The molecular weight excluding hydrogens is 281 g/mol. The molecule has 0 N–H and O–H groups in total. The van der Waals surface area contributed by atoms with Gasteiger partial charge in [-0.25, -0.2) is 0 Å². The number of carbonyl (C=O) groups is 2. The minimum absolute atomic E-state index is 0.167.